The summed E-state index contributed by atoms with van der Waals surface area (Å²) in [6, 6.07) is 15.5. The second-order valence-corrected chi connectivity index (χ2v) is 9.25. The quantitative estimate of drug-likeness (QED) is 0.389. The number of carbonyl (C=O) groups is 2. The molecule has 0 fully saturated rings. The Bertz CT molecular complexity index is 1140. The summed E-state index contributed by atoms with van der Waals surface area (Å²) >= 11 is 0. The summed E-state index contributed by atoms with van der Waals surface area (Å²) in [5.41, 5.74) is 1.22. The molecule has 1 amide bonds. The molecule has 3 rings (SSSR count). The summed E-state index contributed by atoms with van der Waals surface area (Å²) < 4.78 is 19.7. The average Bonchev–Trinajstić information content (AvgIpc) is 2.85. The lowest BCUT2D eigenvalue weighted by Crippen LogP contribution is -2.38. The number of aliphatic hydroxyl groups excluding tert-OH is 1. The molecule has 0 aliphatic heterocycles. The van der Waals surface area contributed by atoms with E-state index in [1.807, 2.05) is 30.3 Å². The summed E-state index contributed by atoms with van der Waals surface area (Å²) in [5, 5.41) is 14.3. The van der Waals surface area contributed by atoms with Crippen molar-refractivity contribution in [3.8, 4) is 0 Å². The Balaban J connectivity index is 1.81. The van der Waals surface area contributed by atoms with Crippen LogP contribution in [-0.4, -0.2) is 41.2 Å². The van der Waals surface area contributed by atoms with E-state index in [-0.39, 0.29) is 29.8 Å². The molecular formula is C28H33FN2O4. The minimum Gasteiger partial charge on any atom is -0.456 e. The van der Waals surface area contributed by atoms with Gasteiger partial charge < -0.3 is 15.2 Å². The first-order chi connectivity index (χ1) is 16.8. The molecule has 3 atom stereocenters. The van der Waals surface area contributed by atoms with Crippen molar-refractivity contribution in [3.63, 3.8) is 0 Å². The van der Waals surface area contributed by atoms with E-state index in [0.717, 1.165) is 12.0 Å². The lowest BCUT2D eigenvalue weighted by molar-refractivity contribution is -0.126. The predicted octanol–water partition coefficient (Wildman–Crippen LogP) is 4.69. The molecule has 1 heterocycles. The molecule has 0 saturated carbocycles. The number of pyridine rings is 1. The maximum Gasteiger partial charge on any atom is 0.340 e. The van der Waals surface area contributed by atoms with E-state index >= 15 is 0 Å². The minimum absolute atomic E-state index is 0.143. The third kappa shape index (κ3) is 7.33. The van der Waals surface area contributed by atoms with Gasteiger partial charge in [0.1, 0.15) is 17.4 Å². The second-order valence-electron chi connectivity index (χ2n) is 9.25. The number of fused-ring (bicyclic) bond motifs is 1. The van der Waals surface area contributed by atoms with Crippen LogP contribution in [0.25, 0.3) is 10.9 Å². The van der Waals surface area contributed by atoms with Gasteiger partial charge in [0.25, 0.3) is 0 Å². The zero-order valence-corrected chi connectivity index (χ0v) is 20.4. The second kappa shape index (κ2) is 12.4. The van der Waals surface area contributed by atoms with Gasteiger partial charge in [0.05, 0.1) is 11.7 Å². The van der Waals surface area contributed by atoms with Gasteiger partial charge in [-0.05, 0) is 36.5 Å². The third-order valence-electron chi connectivity index (χ3n) is 6.10. The highest BCUT2D eigenvalue weighted by Crippen LogP contribution is 2.23. The summed E-state index contributed by atoms with van der Waals surface area (Å²) in [4.78, 5) is 29.6. The van der Waals surface area contributed by atoms with Gasteiger partial charge in [-0.1, -0.05) is 62.7 Å². The van der Waals surface area contributed by atoms with Crippen molar-refractivity contribution < 1.29 is 23.8 Å². The molecule has 2 aromatic carbocycles. The van der Waals surface area contributed by atoms with Crippen molar-refractivity contribution in [1.29, 1.82) is 0 Å². The Morgan fingerprint density at radius 2 is 1.83 bits per heavy atom. The van der Waals surface area contributed by atoms with E-state index < -0.39 is 29.9 Å². The molecule has 7 heteroatoms. The molecular weight excluding hydrogens is 447 g/mol. The van der Waals surface area contributed by atoms with Gasteiger partial charge in [-0.25, -0.2) is 9.18 Å². The molecule has 0 saturated heterocycles. The fraction of sp³-hybridized carbons (Fsp3) is 0.393. The molecule has 0 aliphatic carbocycles. The van der Waals surface area contributed by atoms with Gasteiger partial charge in [0.2, 0.25) is 5.91 Å². The van der Waals surface area contributed by atoms with Crippen LogP contribution >= 0.6 is 0 Å². The largest absolute Gasteiger partial charge is 0.456 e. The van der Waals surface area contributed by atoms with E-state index in [2.05, 4.69) is 24.1 Å². The van der Waals surface area contributed by atoms with Crippen LogP contribution in [0.2, 0.25) is 0 Å². The lowest BCUT2D eigenvalue weighted by Gasteiger charge is -2.27. The van der Waals surface area contributed by atoms with Crippen LogP contribution in [0.5, 0.6) is 0 Å². The Hall–Kier alpha value is -3.32. The highest BCUT2D eigenvalue weighted by atomic mass is 19.1. The van der Waals surface area contributed by atoms with Crippen LogP contribution in [0.3, 0.4) is 0 Å². The number of nitrogens with zero attached hydrogens (tertiary/aromatic N) is 1. The van der Waals surface area contributed by atoms with Crippen molar-refractivity contribution in [2.45, 2.75) is 51.7 Å². The minimum atomic E-state index is -1.06. The molecule has 0 spiro atoms. The van der Waals surface area contributed by atoms with Gasteiger partial charge in [-0.3, -0.25) is 9.78 Å². The number of hydrogen-bond acceptors (Lipinski definition) is 5. The molecule has 35 heavy (non-hydrogen) atoms. The Labute approximate surface area is 205 Å². The average molecular weight is 481 g/mol. The smallest absolute Gasteiger partial charge is 0.340 e. The van der Waals surface area contributed by atoms with Gasteiger partial charge in [0, 0.05) is 31.0 Å². The van der Waals surface area contributed by atoms with Crippen LogP contribution in [0, 0.1) is 17.7 Å². The first-order valence-corrected chi connectivity index (χ1v) is 12.0. The number of ether oxygens (including phenoxy) is 1. The van der Waals surface area contributed by atoms with Crippen molar-refractivity contribution >= 4 is 22.8 Å². The molecule has 0 aliphatic rings. The molecule has 0 bridgehead atoms. The molecule has 0 radical (unpaired) electrons. The zero-order valence-electron chi connectivity index (χ0n) is 20.4. The van der Waals surface area contributed by atoms with Crippen LogP contribution in [-0.2, 0) is 16.0 Å². The number of para-hydroxylation sites is 1. The number of rotatable bonds is 11. The molecule has 6 nitrogen and oxygen atoms in total. The normalized spacial score (nSPS) is 13.9. The third-order valence-corrected chi connectivity index (χ3v) is 6.10. The fourth-order valence-electron chi connectivity index (χ4n) is 4.08. The van der Waals surface area contributed by atoms with Gasteiger partial charge >= 0.3 is 5.97 Å². The number of esters is 1. The maximum absolute atomic E-state index is 14.0. The van der Waals surface area contributed by atoms with E-state index in [1.54, 1.807) is 19.2 Å². The van der Waals surface area contributed by atoms with Crippen LogP contribution < -0.4 is 5.32 Å². The standard InChI is InChI=1S/C28H33FN2O4/c1-18(2)12-13-21(27(33)30-3)16-24(32)25(14-19-8-5-4-6-9-19)35-28(34)22-15-20-10-7-11-23(29)26(20)31-17-22/h4-11,15,17-18,21,24-25,32H,12-14,16H2,1-3H3,(H,30,33)/t21-,24+,25+/m1/s1. The molecule has 186 valence electrons. The number of benzene rings is 2. The van der Waals surface area contributed by atoms with Crippen molar-refractivity contribution in [3.05, 3.63) is 77.7 Å². The van der Waals surface area contributed by atoms with E-state index in [9.17, 15) is 19.1 Å². The Morgan fingerprint density at radius 3 is 2.51 bits per heavy atom. The molecule has 3 aromatic rings. The Kier molecular flexibility index (Phi) is 9.32. The number of nitrogens with one attached hydrogen (secondary N) is 1. The number of aromatic nitrogens is 1. The molecule has 1 aromatic heterocycles. The van der Waals surface area contributed by atoms with E-state index in [4.69, 9.17) is 4.74 Å². The van der Waals surface area contributed by atoms with E-state index in [1.165, 1.54) is 18.3 Å². The van der Waals surface area contributed by atoms with Gasteiger partial charge in [-0.2, -0.15) is 0 Å². The number of aliphatic hydroxyl groups is 1. The Morgan fingerprint density at radius 1 is 1.09 bits per heavy atom. The van der Waals surface area contributed by atoms with Crippen LogP contribution in [0.1, 0.15) is 49.0 Å². The highest BCUT2D eigenvalue weighted by Gasteiger charge is 2.30. The van der Waals surface area contributed by atoms with Crippen LogP contribution in [0.4, 0.5) is 4.39 Å². The fourth-order valence-corrected chi connectivity index (χ4v) is 4.08. The monoisotopic (exact) mass is 480 g/mol. The van der Waals surface area contributed by atoms with Crippen molar-refractivity contribution in [2.24, 2.45) is 11.8 Å². The molecule has 0 unspecified atom stereocenters. The number of halogens is 1. The van der Waals surface area contributed by atoms with Gasteiger partial charge in [-0.15, -0.1) is 0 Å². The number of amides is 1. The topological polar surface area (TPSA) is 88.5 Å². The summed E-state index contributed by atoms with van der Waals surface area (Å²) in [5.74, 6) is -1.26. The van der Waals surface area contributed by atoms with Crippen LogP contribution in [0.15, 0.2) is 60.8 Å². The van der Waals surface area contributed by atoms with Crippen molar-refractivity contribution in [2.75, 3.05) is 7.05 Å². The highest BCUT2D eigenvalue weighted by molar-refractivity contribution is 5.93. The summed E-state index contributed by atoms with van der Waals surface area (Å²) in [7, 11) is 1.58. The first-order valence-electron chi connectivity index (χ1n) is 12.0. The predicted molar refractivity (Wildman–Crippen MR) is 133 cm³/mol. The number of hydrogen-bond donors (Lipinski definition) is 2. The number of carbonyl (C=O) groups excluding carboxylic acids is 2. The zero-order chi connectivity index (χ0) is 25.4. The maximum atomic E-state index is 14.0. The van der Waals surface area contributed by atoms with E-state index in [0.29, 0.717) is 17.7 Å². The van der Waals surface area contributed by atoms with Gasteiger partial charge in [0.15, 0.2) is 0 Å². The van der Waals surface area contributed by atoms with Crippen molar-refractivity contribution in [1.82, 2.24) is 10.3 Å². The summed E-state index contributed by atoms with van der Waals surface area (Å²) in [6.07, 6.45) is 1.26. The molecule has 2 N–H and O–H groups in total. The SMILES string of the molecule is CNC(=O)[C@H](CCC(C)C)C[C@H](O)[C@H](Cc1ccccc1)OC(=O)c1cnc2c(F)cccc2c1. The first kappa shape index (κ1) is 26.3. The summed E-state index contributed by atoms with van der Waals surface area (Å²) in [6.45, 7) is 4.17. The lowest BCUT2D eigenvalue weighted by atomic mass is 9.89.